The standard InChI is InChI=1S/C9H19NO3/c1-6-5-8(10(3)4)9(13-11)7(2)12-6/h6-9,11H,5H2,1-4H3. The van der Waals surface area contributed by atoms with Gasteiger partial charge in [-0.2, -0.15) is 0 Å². The van der Waals surface area contributed by atoms with Crippen LogP contribution in [0.15, 0.2) is 0 Å². The predicted molar refractivity (Wildman–Crippen MR) is 49.6 cm³/mol. The summed E-state index contributed by atoms with van der Waals surface area (Å²) in [5, 5.41) is 8.76. The molecule has 0 saturated carbocycles. The van der Waals surface area contributed by atoms with Crippen LogP contribution in [-0.4, -0.2) is 48.6 Å². The highest BCUT2D eigenvalue weighted by atomic mass is 17.1. The van der Waals surface area contributed by atoms with Gasteiger partial charge in [0.25, 0.3) is 0 Å². The van der Waals surface area contributed by atoms with Gasteiger partial charge in [-0.25, -0.2) is 4.89 Å². The molecule has 0 spiro atoms. The van der Waals surface area contributed by atoms with Gasteiger partial charge in [0, 0.05) is 6.04 Å². The van der Waals surface area contributed by atoms with Crippen LogP contribution >= 0.6 is 0 Å². The lowest BCUT2D eigenvalue weighted by Crippen LogP contribution is -2.53. The molecule has 1 aliphatic heterocycles. The minimum absolute atomic E-state index is 0.0545. The molecular formula is C9H19NO3. The van der Waals surface area contributed by atoms with Crippen LogP contribution in [0.25, 0.3) is 0 Å². The van der Waals surface area contributed by atoms with E-state index in [1.54, 1.807) is 0 Å². The Balaban J connectivity index is 2.66. The highest BCUT2D eigenvalue weighted by molar-refractivity contribution is 4.87. The summed E-state index contributed by atoms with van der Waals surface area (Å²) in [6, 6.07) is 0.226. The molecule has 1 N–H and O–H groups in total. The third-order valence-electron chi connectivity index (χ3n) is 2.65. The Kier molecular flexibility index (Phi) is 3.67. The quantitative estimate of drug-likeness (QED) is 0.519. The van der Waals surface area contributed by atoms with Gasteiger partial charge in [0.1, 0.15) is 6.10 Å². The zero-order chi connectivity index (χ0) is 10.0. The van der Waals surface area contributed by atoms with E-state index in [0.717, 1.165) is 6.42 Å². The van der Waals surface area contributed by atoms with E-state index in [9.17, 15) is 0 Å². The zero-order valence-electron chi connectivity index (χ0n) is 8.73. The monoisotopic (exact) mass is 189 g/mol. The summed E-state index contributed by atoms with van der Waals surface area (Å²) >= 11 is 0. The fourth-order valence-electron chi connectivity index (χ4n) is 1.95. The van der Waals surface area contributed by atoms with Crippen molar-refractivity contribution in [3.8, 4) is 0 Å². The average Bonchev–Trinajstić information content (AvgIpc) is 2.02. The highest BCUT2D eigenvalue weighted by Gasteiger charge is 2.37. The van der Waals surface area contributed by atoms with Crippen LogP contribution in [0.5, 0.6) is 0 Å². The Morgan fingerprint density at radius 1 is 1.38 bits per heavy atom. The molecule has 0 aromatic heterocycles. The largest absolute Gasteiger partial charge is 0.373 e. The van der Waals surface area contributed by atoms with E-state index < -0.39 is 0 Å². The maximum Gasteiger partial charge on any atom is 0.134 e. The molecule has 1 heterocycles. The van der Waals surface area contributed by atoms with E-state index in [0.29, 0.717) is 0 Å². The van der Waals surface area contributed by atoms with Crippen LogP contribution in [0, 0.1) is 0 Å². The van der Waals surface area contributed by atoms with Crippen LogP contribution in [0.4, 0.5) is 0 Å². The van der Waals surface area contributed by atoms with Gasteiger partial charge < -0.3 is 9.64 Å². The number of ether oxygens (including phenoxy) is 1. The van der Waals surface area contributed by atoms with Crippen LogP contribution in [0.2, 0.25) is 0 Å². The second-order valence-electron chi connectivity index (χ2n) is 3.99. The molecule has 13 heavy (non-hydrogen) atoms. The summed E-state index contributed by atoms with van der Waals surface area (Å²) in [4.78, 5) is 6.52. The van der Waals surface area contributed by atoms with E-state index >= 15 is 0 Å². The smallest absolute Gasteiger partial charge is 0.134 e. The Labute approximate surface area is 79.4 Å². The van der Waals surface area contributed by atoms with Crippen LogP contribution < -0.4 is 0 Å². The summed E-state index contributed by atoms with van der Waals surface area (Å²) < 4.78 is 5.56. The molecule has 0 aromatic carbocycles. The SMILES string of the molecule is CC1CC(N(C)C)C(OO)C(C)O1. The first kappa shape index (κ1) is 10.9. The summed E-state index contributed by atoms with van der Waals surface area (Å²) in [5.74, 6) is 0. The van der Waals surface area contributed by atoms with Crippen molar-refractivity contribution in [3.05, 3.63) is 0 Å². The van der Waals surface area contributed by atoms with Crippen molar-refractivity contribution >= 4 is 0 Å². The third-order valence-corrected chi connectivity index (χ3v) is 2.65. The molecule has 4 nitrogen and oxygen atoms in total. The molecule has 4 heteroatoms. The minimum atomic E-state index is -0.244. The lowest BCUT2D eigenvalue weighted by molar-refractivity contribution is -0.324. The van der Waals surface area contributed by atoms with E-state index in [1.165, 1.54) is 0 Å². The molecule has 78 valence electrons. The maximum atomic E-state index is 8.76. The lowest BCUT2D eigenvalue weighted by atomic mass is 9.96. The number of rotatable bonds is 2. The number of hydrogen-bond donors (Lipinski definition) is 1. The zero-order valence-corrected chi connectivity index (χ0v) is 8.73. The lowest BCUT2D eigenvalue weighted by Gasteiger charge is -2.40. The van der Waals surface area contributed by atoms with Gasteiger partial charge in [-0.15, -0.1) is 0 Å². The van der Waals surface area contributed by atoms with Gasteiger partial charge in [0.2, 0.25) is 0 Å². The van der Waals surface area contributed by atoms with Crippen LogP contribution in [-0.2, 0) is 9.62 Å². The van der Waals surface area contributed by atoms with Gasteiger partial charge in [-0.05, 0) is 34.4 Å². The molecule has 0 amide bonds. The summed E-state index contributed by atoms with van der Waals surface area (Å²) in [7, 11) is 3.98. The van der Waals surface area contributed by atoms with Gasteiger partial charge >= 0.3 is 0 Å². The molecule has 0 radical (unpaired) electrons. The van der Waals surface area contributed by atoms with Crippen molar-refractivity contribution in [2.45, 2.75) is 44.6 Å². The maximum absolute atomic E-state index is 8.76. The Morgan fingerprint density at radius 3 is 2.46 bits per heavy atom. The number of nitrogens with zero attached hydrogens (tertiary/aromatic N) is 1. The van der Waals surface area contributed by atoms with Crippen molar-refractivity contribution in [1.29, 1.82) is 0 Å². The second kappa shape index (κ2) is 4.37. The van der Waals surface area contributed by atoms with Crippen molar-refractivity contribution in [2.24, 2.45) is 0 Å². The van der Waals surface area contributed by atoms with Crippen molar-refractivity contribution in [3.63, 3.8) is 0 Å². The van der Waals surface area contributed by atoms with Gasteiger partial charge in [-0.3, -0.25) is 5.26 Å². The van der Waals surface area contributed by atoms with Crippen LogP contribution in [0.1, 0.15) is 20.3 Å². The fourth-order valence-corrected chi connectivity index (χ4v) is 1.95. The van der Waals surface area contributed by atoms with Gasteiger partial charge in [0.05, 0.1) is 12.2 Å². The van der Waals surface area contributed by atoms with Crippen molar-refractivity contribution < 1.29 is 14.9 Å². The highest BCUT2D eigenvalue weighted by Crippen LogP contribution is 2.24. The topological polar surface area (TPSA) is 41.9 Å². The molecule has 4 unspecified atom stereocenters. The third kappa shape index (κ3) is 2.40. The molecular weight excluding hydrogens is 170 g/mol. The molecule has 1 rings (SSSR count). The first-order chi connectivity index (χ1) is 6.06. The molecule has 1 fully saturated rings. The first-order valence-corrected chi connectivity index (χ1v) is 4.68. The first-order valence-electron chi connectivity index (χ1n) is 4.68. The van der Waals surface area contributed by atoms with Crippen molar-refractivity contribution in [1.82, 2.24) is 4.90 Å². The van der Waals surface area contributed by atoms with E-state index in [1.807, 2.05) is 27.9 Å². The van der Waals surface area contributed by atoms with Crippen LogP contribution in [0.3, 0.4) is 0 Å². The van der Waals surface area contributed by atoms with E-state index in [2.05, 4.69) is 9.79 Å². The molecule has 4 atom stereocenters. The summed E-state index contributed by atoms with van der Waals surface area (Å²) in [5.41, 5.74) is 0. The number of likely N-dealkylation sites (N-methyl/N-ethyl adjacent to an activating group) is 1. The minimum Gasteiger partial charge on any atom is -0.373 e. The Hall–Kier alpha value is -0.160. The molecule has 1 aliphatic rings. The summed E-state index contributed by atoms with van der Waals surface area (Å²) in [6.07, 6.45) is 0.823. The Morgan fingerprint density at radius 2 is 2.00 bits per heavy atom. The van der Waals surface area contributed by atoms with Gasteiger partial charge in [-0.1, -0.05) is 0 Å². The normalized spacial score (nSPS) is 41.1. The second-order valence-corrected chi connectivity index (χ2v) is 3.99. The molecule has 0 aliphatic carbocycles. The van der Waals surface area contributed by atoms with Crippen molar-refractivity contribution in [2.75, 3.05) is 14.1 Å². The molecule has 1 saturated heterocycles. The molecule has 0 aromatic rings. The van der Waals surface area contributed by atoms with E-state index in [-0.39, 0.29) is 24.4 Å². The predicted octanol–water partition coefficient (Wildman–Crippen LogP) is 0.972. The number of hydrogen-bond acceptors (Lipinski definition) is 4. The van der Waals surface area contributed by atoms with Gasteiger partial charge in [0.15, 0.2) is 0 Å². The summed E-state index contributed by atoms with van der Waals surface area (Å²) in [6.45, 7) is 3.97. The fraction of sp³-hybridized carbons (Fsp3) is 1.00. The molecule has 0 bridgehead atoms. The Bertz CT molecular complexity index is 163. The van der Waals surface area contributed by atoms with E-state index in [4.69, 9.17) is 9.99 Å². The average molecular weight is 189 g/mol.